The van der Waals surface area contributed by atoms with E-state index < -0.39 is 12.1 Å². The fourth-order valence-electron chi connectivity index (χ4n) is 3.47. The summed E-state index contributed by atoms with van der Waals surface area (Å²) in [6.07, 6.45) is -1.18. The van der Waals surface area contributed by atoms with E-state index in [2.05, 4.69) is 0 Å². The van der Waals surface area contributed by atoms with E-state index in [1.54, 1.807) is 12.1 Å². The Bertz CT molecular complexity index is 1240. The van der Waals surface area contributed by atoms with E-state index in [1.165, 1.54) is 13.0 Å². The van der Waals surface area contributed by atoms with Crippen molar-refractivity contribution in [1.82, 2.24) is 4.98 Å². The number of hydrogen-bond acceptors (Lipinski definition) is 4. The van der Waals surface area contributed by atoms with Crippen LogP contribution >= 0.6 is 0 Å². The van der Waals surface area contributed by atoms with E-state index in [9.17, 15) is 14.3 Å². The van der Waals surface area contributed by atoms with Crippen LogP contribution in [0.5, 0.6) is 5.75 Å². The highest BCUT2D eigenvalue weighted by atomic mass is 19.1. The molecule has 0 radical (unpaired) electrons. The number of nitrogens with zero attached hydrogens (tertiary/aromatic N) is 1. The summed E-state index contributed by atoms with van der Waals surface area (Å²) in [5, 5.41) is 11.2. The minimum atomic E-state index is -1.18. The number of aromatic nitrogens is 1. The first-order valence-electron chi connectivity index (χ1n) is 9.30. The first-order chi connectivity index (χ1) is 13.9. The van der Waals surface area contributed by atoms with E-state index in [0.717, 1.165) is 16.5 Å². The van der Waals surface area contributed by atoms with Crippen LogP contribution < -0.4 is 4.74 Å². The van der Waals surface area contributed by atoms with Crippen molar-refractivity contribution in [3.63, 3.8) is 0 Å². The Hall–Kier alpha value is -3.41. The minimum absolute atomic E-state index is 0.0371. The van der Waals surface area contributed by atoms with Gasteiger partial charge in [0, 0.05) is 10.9 Å². The van der Waals surface area contributed by atoms with Crippen LogP contribution in [0.15, 0.2) is 46.9 Å². The third kappa shape index (κ3) is 3.31. The average molecular weight is 393 g/mol. The number of hydrogen-bond donors (Lipinski definition) is 1. The zero-order valence-electron chi connectivity index (χ0n) is 16.3. The van der Waals surface area contributed by atoms with Gasteiger partial charge >= 0.3 is 5.97 Å². The van der Waals surface area contributed by atoms with Crippen LogP contribution in [0.3, 0.4) is 0 Å². The lowest BCUT2D eigenvalue weighted by atomic mass is 10.0. The highest BCUT2D eigenvalue weighted by molar-refractivity contribution is 6.07. The molecule has 0 saturated heterocycles. The van der Waals surface area contributed by atoms with Gasteiger partial charge in [-0.25, -0.2) is 14.2 Å². The maximum absolute atomic E-state index is 13.3. The largest absolute Gasteiger partial charge is 0.490 e. The molecule has 0 fully saturated rings. The molecule has 0 amide bonds. The molecule has 2 heterocycles. The van der Waals surface area contributed by atoms with Crippen LogP contribution in [0.1, 0.15) is 28.4 Å². The summed E-state index contributed by atoms with van der Waals surface area (Å²) in [5.74, 6) is -0.289. The topological polar surface area (TPSA) is 72.6 Å². The fraction of sp³-hybridized carbons (Fsp3) is 0.217. The van der Waals surface area contributed by atoms with Crippen molar-refractivity contribution in [2.45, 2.75) is 26.9 Å². The molecular formula is C23H20FNO4. The number of benzene rings is 2. The molecule has 1 atom stereocenters. The van der Waals surface area contributed by atoms with Crippen molar-refractivity contribution in [2.24, 2.45) is 0 Å². The van der Waals surface area contributed by atoms with Gasteiger partial charge in [-0.3, -0.25) is 0 Å². The molecule has 0 aliphatic heterocycles. The molecule has 0 saturated carbocycles. The molecule has 0 spiro atoms. The number of furan rings is 1. The van der Waals surface area contributed by atoms with Gasteiger partial charge in [-0.05, 0) is 44.5 Å². The van der Waals surface area contributed by atoms with E-state index in [0.29, 0.717) is 33.7 Å². The number of rotatable bonds is 5. The molecule has 1 N–H and O–H groups in total. The van der Waals surface area contributed by atoms with Crippen molar-refractivity contribution >= 4 is 27.8 Å². The highest BCUT2D eigenvalue weighted by Crippen LogP contribution is 2.37. The summed E-state index contributed by atoms with van der Waals surface area (Å²) in [7, 11) is 0. The van der Waals surface area contributed by atoms with Gasteiger partial charge in [0.2, 0.25) is 0 Å². The van der Waals surface area contributed by atoms with Crippen molar-refractivity contribution in [2.75, 3.05) is 6.61 Å². The zero-order chi connectivity index (χ0) is 20.7. The summed E-state index contributed by atoms with van der Waals surface area (Å²) in [6, 6.07) is 12.5. The molecule has 1 unspecified atom stereocenters. The van der Waals surface area contributed by atoms with Gasteiger partial charge in [0.1, 0.15) is 29.8 Å². The van der Waals surface area contributed by atoms with Crippen LogP contribution in [-0.2, 0) is 0 Å². The predicted octanol–water partition coefficient (Wildman–Crippen LogP) is 5.70. The first kappa shape index (κ1) is 18.9. The van der Waals surface area contributed by atoms with Crippen molar-refractivity contribution in [3.05, 3.63) is 59.2 Å². The number of aryl methyl sites for hydroxylation is 2. The molecule has 148 valence electrons. The van der Waals surface area contributed by atoms with Crippen LogP contribution in [0.2, 0.25) is 0 Å². The Morgan fingerprint density at radius 1 is 1.24 bits per heavy atom. The van der Waals surface area contributed by atoms with Gasteiger partial charge in [-0.2, -0.15) is 0 Å². The molecular weight excluding hydrogens is 373 g/mol. The highest BCUT2D eigenvalue weighted by Gasteiger charge is 2.21. The third-order valence-corrected chi connectivity index (χ3v) is 4.90. The number of ether oxygens (including phenoxy) is 1. The van der Waals surface area contributed by atoms with Gasteiger partial charge in [0.15, 0.2) is 5.76 Å². The number of aromatic carboxylic acids is 1. The molecule has 0 aliphatic rings. The second-order valence-electron chi connectivity index (χ2n) is 7.11. The summed E-state index contributed by atoms with van der Waals surface area (Å²) in [6.45, 7) is 4.98. The maximum Gasteiger partial charge on any atom is 0.336 e. The maximum atomic E-state index is 13.3. The normalized spacial score (nSPS) is 12.4. The average Bonchev–Trinajstić information content (AvgIpc) is 3.03. The number of alkyl halides is 1. The minimum Gasteiger partial charge on any atom is -0.490 e. The monoisotopic (exact) mass is 393 g/mol. The van der Waals surface area contributed by atoms with Crippen molar-refractivity contribution in [3.8, 4) is 17.2 Å². The lowest BCUT2D eigenvalue weighted by Gasteiger charge is -2.14. The number of carboxylic acid groups (broad SMARTS) is 1. The Kier molecular flexibility index (Phi) is 4.70. The van der Waals surface area contributed by atoms with Gasteiger partial charge in [0.05, 0.1) is 16.5 Å². The number of halogens is 1. The lowest BCUT2D eigenvalue weighted by Crippen LogP contribution is -2.10. The molecule has 4 rings (SSSR count). The van der Waals surface area contributed by atoms with Crippen LogP contribution in [0.25, 0.3) is 33.3 Å². The number of pyridine rings is 1. The smallest absolute Gasteiger partial charge is 0.336 e. The Balaban J connectivity index is 1.99. The van der Waals surface area contributed by atoms with Crippen molar-refractivity contribution < 1.29 is 23.4 Å². The van der Waals surface area contributed by atoms with Crippen LogP contribution in [0, 0.1) is 13.8 Å². The third-order valence-electron chi connectivity index (χ3n) is 4.90. The zero-order valence-corrected chi connectivity index (χ0v) is 16.3. The fourth-order valence-corrected chi connectivity index (χ4v) is 3.47. The standard InChI is InChI=1S/C23H20FNO4/c1-12-8-9-19(28-11-13(2)24)20-16(23(26)27)10-17(25-21(12)20)22-14(3)15-6-4-5-7-18(15)29-22/h4-10,13H,11H2,1-3H3,(H,26,27). The molecule has 2 aromatic carbocycles. The van der Waals surface area contributed by atoms with Gasteiger partial charge < -0.3 is 14.3 Å². The SMILES string of the molecule is Cc1c(-c2cc(C(=O)O)c3c(OCC(C)F)ccc(C)c3n2)oc2ccccc12. The number of carboxylic acids is 1. The van der Waals surface area contributed by atoms with E-state index in [4.69, 9.17) is 14.1 Å². The van der Waals surface area contributed by atoms with Gasteiger partial charge in [-0.15, -0.1) is 0 Å². The van der Waals surface area contributed by atoms with Crippen LogP contribution in [-0.4, -0.2) is 28.8 Å². The molecule has 29 heavy (non-hydrogen) atoms. The molecule has 5 nitrogen and oxygen atoms in total. The molecule has 2 aromatic heterocycles. The predicted molar refractivity (Wildman–Crippen MR) is 109 cm³/mol. The lowest BCUT2D eigenvalue weighted by molar-refractivity contribution is 0.0698. The summed E-state index contributed by atoms with van der Waals surface area (Å²) in [4.78, 5) is 16.8. The molecule has 6 heteroatoms. The Morgan fingerprint density at radius 3 is 2.69 bits per heavy atom. The molecule has 0 aliphatic carbocycles. The number of carbonyl (C=O) groups is 1. The van der Waals surface area contributed by atoms with E-state index in [1.807, 2.05) is 38.1 Å². The molecule has 0 bridgehead atoms. The number of fused-ring (bicyclic) bond motifs is 2. The molecule has 4 aromatic rings. The summed E-state index contributed by atoms with van der Waals surface area (Å²) < 4.78 is 24.8. The number of para-hydroxylation sites is 1. The second-order valence-corrected chi connectivity index (χ2v) is 7.11. The Labute approximate surface area is 166 Å². The van der Waals surface area contributed by atoms with E-state index >= 15 is 0 Å². The first-order valence-corrected chi connectivity index (χ1v) is 9.30. The van der Waals surface area contributed by atoms with Gasteiger partial charge in [-0.1, -0.05) is 24.3 Å². The Morgan fingerprint density at radius 2 is 2.00 bits per heavy atom. The summed E-state index contributed by atoms with van der Waals surface area (Å²) in [5.41, 5.74) is 3.35. The van der Waals surface area contributed by atoms with Crippen molar-refractivity contribution in [1.29, 1.82) is 0 Å². The second kappa shape index (κ2) is 7.20. The summed E-state index contributed by atoms with van der Waals surface area (Å²) >= 11 is 0. The van der Waals surface area contributed by atoms with Gasteiger partial charge in [0.25, 0.3) is 0 Å². The van der Waals surface area contributed by atoms with Crippen LogP contribution in [0.4, 0.5) is 4.39 Å². The quantitative estimate of drug-likeness (QED) is 0.471. The van der Waals surface area contributed by atoms with E-state index in [-0.39, 0.29) is 12.2 Å².